The number of rotatable bonds is 8. The number of hydrogen-bond acceptors (Lipinski definition) is 4. The number of methoxy groups -OCH3 is 1. The Kier molecular flexibility index (Phi) is 5.89. The van der Waals surface area contributed by atoms with Gasteiger partial charge in [0.25, 0.3) is 0 Å². The first-order chi connectivity index (χ1) is 14.6. The number of nitrogens with zero attached hydrogens (tertiary/aromatic N) is 2. The monoisotopic (exact) mass is 402 g/mol. The lowest BCUT2D eigenvalue weighted by Gasteiger charge is -2.13. The van der Waals surface area contributed by atoms with Gasteiger partial charge in [0.1, 0.15) is 36.3 Å². The summed E-state index contributed by atoms with van der Waals surface area (Å²) in [6.45, 7) is 5.76. The molecule has 0 spiro atoms. The standard InChI is InChI=1S/C25H26N2O3/c1-18-11-12-24(19(2)15-18)29-14-13-27-23-10-5-4-9-22(23)26-25(27)17-30-21-8-6-7-20(16-21)28-3/h4-12,15-16H,13-14,17H2,1-3H3. The van der Waals surface area contributed by atoms with Gasteiger partial charge in [0.05, 0.1) is 24.7 Å². The minimum absolute atomic E-state index is 0.366. The zero-order valence-electron chi connectivity index (χ0n) is 17.6. The molecule has 0 radical (unpaired) electrons. The highest BCUT2D eigenvalue weighted by Gasteiger charge is 2.12. The van der Waals surface area contributed by atoms with Crippen molar-refractivity contribution < 1.29 is 14.2 Å². The van der Waals surface area contributed by atoms with Gasteiger partial charge in [-0.1, -0.05) is 35.9 Å². The molecular formula is C25H26N2O3. The predicted octanol–water partition coefficient (Wildman–Crippen LogP) is 5.32. The lowest BCUT2D eigenvalue weighted by atomic mass is 10.1. The molecule has 0 saturated carbocycles. The Morgan fingerprint density at radius 3 is 2.53 bits per heavy atom. The Morgan fingerprint density at radius 2 is 1.70 bits per heavy atom. The van der Waals surface area contributed by atoms with Crippen LogP contribution in [0.25, 0.3) is 11.0 Å². The molecule has 4 rings (SSSR count). The van der Waals surface area contributed by atoms with E-state index in [1.54, 1.807) is 7.11 Å². The molecule has 0 aliphatic carbocycles. The minimum Gasteiger partial charge on any atom is -0.497 e. The average Bonchev–Trinajstić information content (AvgIpc) is 3.11. The molecule has 0 saturated heterocycles. The molecule has 1 heterocycles. The molecule has 5 nitrogen and oxygen atoms in total. The first kappa shape index (κ1) is 19.8. The van der Waals surface area contributed by atoms with Crippen LogP contribution in [-0.4, -0.2) is 23.3 Å². The van der Waals surface area contributed by atoms with Crippen molar-refractivity contribution in [2.24, 2.45) is 0 Å². The lowest BCUT2D eigenvalue weighted by Crippen LogP contribution is -2.13. The SMILES string of the molecule is COc1cccc(OCc2nc3ccccc3n2CCOc2ccc(C)cc2C)c1. The maximum absolute atomic E-state index is 6.06. The number of fused-ring (bicyclic) bond motifs is 1. The van der Waals surface area contributed by atoms with Crippen LogP contribution in [0.1, 0.15) is 17.0 Å². The van der Waals surface area contributed by atoms with Crippen LogP contribution in [0.4, 0.5) is 0 Å². The fraction of sp³-hybridized carbons (Fsp3) is 0.240. The normalized spacial score (nSPS) is 10.9. The van der Waals surface area contributed by atoms with Crippen molar-refractivity contribution in [3.63, 3.8) is 0 Å². The highest BCUT2D eigenvalue weighted by atomic mass is 16.5. The van der Waals surface area contributed by atoms with Gasteiger partial charge in [-0.2, -0.15) is 0 Å². The van der Waals surface area contributed by atoms with Crippen molar-refractivity contribution in [1.82, 2.24) is 9.55 Å². The summed E-state index contributed by atoms with van der Waals surface area (Å²) in [5.41, 5.74) is 4.41. The van der Waals surface area contributed by atoms with Crippen molar-refractivity contribution in [3.05, 3.63) is 83.7 Å². The third-order valence-corrected chi connectivity index (χ3v) is 5.05. The Bertz CT molecular complexity index is 1150. The van der Waals surface area contributed by atoms with E-state index in [4.69, 9.17) is 19.2 Å². The van der Waals surface area contributed by atoms with Crippen LogP contribution >= 0.6 is 0 Å². The molecule has 4 aromatic rings. The van der Waals surface area contributed by atoms with E-state index in [2.05, 4.69) is 36.6 Å². The van der Waals surface area contributed by atoms with Gasteiger partial charge in [0, 0.05) is 6.07 Å². The molecule has 0 aliphatic heterocycles. The number of aryl methyl sites for hydroxylation is 2. The Labute approximate surface area is 176 Å². The van der Waals surface area contributed by atoms with Gasteiger partial charge in [-0.05, 0) is 49.7 Å². The van der Waals surface area contributed by atoms with Gasteiger partial charge in [-0.15, -0.1) is 0 Å². The summed E-state index contributed by atoms with van der Waals surface area (Å²) in [5.74, 6) is 3.30. The molecule has 1 aromatic heterocycles. The highest BCUT2D eigenvalue weighted by molar-refractivity contribution is 5.75. The smallest absolute Gasteiger partial charge is 0.148 e. The van der Waals surface area contributed by atoms with E-state index in [-0.39, 0.29) is 0 Å². The van der Waals surface area contributed by atoms with Crippen molar-refractivity contribution in [1.29, 1.82) is 0 Å². The second-order valence-corrected chi connectivity index (χ2v) is 7.25. The zero-order valence-corrected chi connectivity index (χ0v) is 17.6. The molecule has 0 atom stereocenters. The molecule has 0 bridgehead atoms. The van der Waals surface area contributed by atoms with Gasteiger partial charge < -0.3 is 18.8 Å². The van der Waals surface area contributed by atoms with Gasteiger partial charge in [0.2, 0.25) is 0 Å². The number of para-hydroxylation sites is 2. The summed E-state index contributed by atoms with van der Waals surface area (Å²) in [5, 5.41) is 0. The molecule has 0 fully saturated rings. The summed E-state index contributed by atoms with van der Waals surface area (Å²) < 4.78 is 19.5. The maximum Gasteiger partial charge on any atom is 0.148 e. The van der Waals surface area contributed by atoms with Gasteiger partial charge in [-0.25, -0.2) is 4.98 Å². The summed E-state index contributed by atoms with van der Waals surface area (Å²) in [6.07, 6.45) is 0. The summed E-state index contributed by atoms with van der Waals surface area (Å²) >= 11 is 0. The fourth-order valence-corrected chi connectivity index (χ4v) is 3.53. The van der Waals surface area contributed by atoms with Gasteiger partial charge in [0.15, 0.2) is 0 Å². The topological polar surface area (TPSA) is 45.5 Å². The Hall–Kier alpha value is -3.47. The van der Waals surface area contributed by atoms with E-state index < -0.39 is 0 Å². The minimum atomic E-state index is 0.366. The summed E-state index contributed by atoms with van der Waals surface area (Å²) in [4.78, 5) is 4.78. The number of hydrogen-bond donors (Lipinski definition) is 0. The maximum atomic E-state index is 6.06. The van der Waals surface area contributed by atoms with Crippen LogP contribution in [0.5, 0.6) is 17.2 Å². The number of imidazole rings is 1. The average molecular weight is 402 g/mol. The second kappa shape index (κ2) is 8.91. The van der Waals surface area contributed by atoms with Crippen LogP contribution in [0.2, 0.25) is 0 Å². The van der Waals surface area contributed by atoms with E-state index in [1.807, 2.05) is 48.5 Å². The van der Waals surface area contributed by atoms with Gasteiger partial charge in [-0.3, -0.25) is 0 Å². The van der Waals surface area contributed by atoms with E-state index in [0.717, 1.165) is 39.7 Å². The van der Waals surface area contributed by atoms with Crippen molar-refractivity contribution in [3.8, 4) is 17.2 Å². The number of aromatic nitrogens is 2. The van der Waals surface area contributed by atoms with Crippen LogP contribution in [0.15, 0.2) is 66.7 Å². The molecule has 0 unspecified atom stereocenters. The van der Waals surface area contributed by atoms with E-state index in [9.17, 15) is 0 Å². The molecule has 3 aromatic carbocycles. The molecule has 154 valence electrons. The van der Waals surface area contributed by atoms with Crippen molar-refractivity contribution >= 4 is 11.0 Å². The molecule has 30 heavy (non-hydrogen) atoms. The molecular weight excluding hydrogens is 376 g/mol. The molecule has 0 aliphatic rings. The molecule has 0 amide bonds. The summed E-state index contributed by atoms with van der Waals surface area (Å²) in [7, 11) is 1.65. The van der Waals surface area contributed by atoms with E-state index in [1.165, 1.54) is 5.56 Å². The van der Waals surface area contributed by atoms with E-state index in [0.29, 0.717) is 19.8 Å². The second-order valence-electron chi connectivity index (χ2n) is 7.25. The highest BCUT2D eigenvalue weighted by Crippen LogP contribution is 2.22. The van der Waals surface area contributed by atoms with Crippen molar-refractivity contribution in [2.75, 3.05) is 13.7 Å². The Balaban J connectivity index is 1.51. The van der Waals surface area contributed by atoms with Crippen LogP contribution < -0.4 is 14.2 Å². The Morgan fingerprint density at radius 1 is 0.867 bits per heavy atom. The third-order valence-electron chi connectivity index (χ3n) is 5.05. The number of ether oxygens (including phenoxy) is 3. The van der Waals surface area contributed by atoms with Gasteiger partial charge >= 0.3 is 0 Å². The van der Waals surface area contributed by atoms with Crippen LogP contribution in [0.3, 0.4) is 0 Å². The molecule has 0 N–H and O–H groups in total. The van der Waals surface area contributed by atoms with Crippen LogP contribution in [-0.2, 0) is 13.2 Å². The fourth-order valence-electron chi connectivity index (χ4n) is 3.53. The third kappa shape index (κ3) is 4.40. The quantitative estimate of drug-likeness (QED) is 0.400. The first-order valence-electron chi connectivity index (χ1n) is 10.0. The largest absolute Gasteiger partial charge is 0.497 e. The lowest BCUT2D eigenvalue weighted by molar-refractivity contribution is 0.271. The summed E-state index contributed by atoms with van der Waals surface area (Å²) in [6, 6.07) is 22.0. The zero-order chi connectivity index (χ0) is 20.9. The molecule has 5 heteroatoms. The first-order valence-corrected chi connectivity index (χ1v) is 10.0. The van der Waals surface area contributed by atoms with E-state index >= 15 is 0 Å². The van der Waals surface area contributed by atoms with Crippen LogP contribution in [0, 0.1) is 13.8 Å². The predicted molar refractivity (Wildman–Crippen MR) is 118 cm³/mol. The number of benzene rings is 3. The van der Waals surface area contributed by atoms with Crippen molar-refractivity contribution in [2.45, 2.75) is 27.0 Å².